The molecule has 1 saturated carbocycles. The Balaban J connectivity index is 1.88. The summed E-state index contributed by atoms with van der Waals surface area (Å²) < 4.78 is 0. The summed E-state index contributed by atoms with van der Waals surface area (Å²) in [6.07, 6.45) is 8.82. The van der Waals surface area contributed by atoms with Gasteiger partial charge in [0.1, 0.15) is 0 Å². The molecule has 2 atom stereocenters. The van der Waals surface area contributed by atoms with E-state index >= 15 is 0 Å². The van der Waals surface area contributed by atoms with Crippen LogP contribution in [-0.4, -0.2) is 35.2 Å². The molecule has 76 valence electrons. The summed E-state index contributed by atoms with van der Waals surface area (Å²) in [5, 5.41) is 9.88. The first-order chi connectivity index (χ1) is 6.38. The molecule has 0 radical (unpaired) electrons. The van der Waals surface area contributed by atoms with Crippen LogP contribution in [0.3, 0.4) is 0 Å². The highest BCUT2D eigenvalue weighted by Gasteiger charge is 2.28. The van der Waals surface area contributed by atoms with Gasteiger partial charge in [0.05, 0.1) is 6.10 Å². The predicted octanol–water partition coefficient (Wildman–Crippen LogP) is 1.78. The Bertz CT molecular complexity index is 154. The summed E-state index contributed by atoms with van der Waals surface area (Å²) in [5.41, 5.74) is 0. The minimum absolute atomic E-state index is 0.0353. The smallest absolute Gasteiger partial charge is 0.0695 e. The minimum atomic E-state index is -0.0353. The van der Waals surface area contributed by atoms with Gasteiger partial charge in [-0.2, -0.15) is 0 Å². The van der Waals surface area contributed by atoms with Gasteiger partial charge in [0.15, 0.2) is 0 Å². The van der Waals surface area contributed by atoms with Gasteiger partial charge in [-0.1, -0.05) is 19.3 Å². The van der Waals surface area contributed by atoms with Crippen LogP contribution < -0.4 is 0 Å². The quantitative estimate of drug-likeness (QED) is 0.670. The Morgan fingerprint density at radius 1 is 0.846 bits per heavy atom. The van der Waals surface area contributed by atoms with E-state index in [0.717, 1.165) is 6.42 Å². The molecular weight excluding hydrogens is 162 g/mol. The van der Waals surface area contributed by atoms with Crippen LogP contribution in [0.4, 0.5) is 0 Å². The third-order valence-corrected chi connectivity index (χ3v) is 3.55. The molecule has 0 aromatic rings. The normalized spacial score (nSPS) is 37.6. The third kappa shape index (κ3) is 2.23. The number of likely N-dealkylation sites (tertiary alicyclic amines) is 1. The second kappa shape index (κ2) is 4.43. The van der Waals surface area contributed by atoms with Gasteiger partial charge in [-0.15, -0.1) is 0 Å². The zero-order chi connectivity index (χ0) is 9.10. The predicted molar refractivity (Wildman–Crippen MR) is 53.7 cm³/mol. The second-order valence-electron chi connectivity index (χ2n) is 4.52. The molecule has 2 aliphatic rings. The Labute approximate surface area is 80.9 Å². The second-order valence-corrected chi connectivity index (χ2v) is 4.52. The lowest BCUT2D eigenvalue weighted by Crippen LogP contribution is -2.47. The maximum atomic E-state index is 9.88. The lowest BCUT2D eigenvalue weighted by atomic mass is 9.90. The topological polar surface area (TPSA) is 23.5 Å². The number of rotatable bonds is 1. The largest absolute Gasteiger partial charge is 0.391 e. The monoisotopic (exact) mass is 183 g/mol. The van der Waals surface area contributed by atoms with E-state index in [1.165, 1.54) is 51.6 Å². The minimum Gasteiger partial charge on any atom is -0.391 e. The highest BCUT2D eigenvalue weighted by molar-refractivity contribution is 4.84. The summed E-state index contributed by atoms with van der Waals surface area (Å²) in [6, 6.07) is 0.494. The van der Waals surface area contributed by atoms with Crippen molar-refractivity contribution in [2.24, 2.45) is 0 Å². The van der Waals surface area contributed by atoms with Gasteiger partial charge >= 0.3 is 0 Å². The molecule has 2 nitrogen and oxygen atoms in total. The van der Waals surface area contributed by atoms with Crippen molar-refractivity contribution in [1.29, 1.82) is 0 Å². The van der Waals surface area contributed by atoms with Gasteiger partial charge in [0.2, 0.25) is 0 Å². The Morgan fingerprint density at radius 2 is 1.54 bits per heavy atom. The van der Waals surface area contributed by atoms with Gasteiger partial charge < -0.3 is 5.11 Å². The fraction of sp³-hybridized carbons (Fsp3) is 1.00. The van der Waals surface area contributed by atoms with Crippen LogP contribution in [0.15, 0.2) is 0 Å². The van der Waals surface area contributed by atoms with Crippen LogP contribution in [0, 0.1) is 0 Å². The molecule has 0 bridgehead atoms. The van der Waals surface area contributed by atoms with E-state index in [-0.39, 0.29) is 6.10 Å². The molecule has 2 fully saturated rings. The molecular formula is C11H21NO. The summed E-state index contributed by atoms with van der Waals surface area (Å²) in [5.74, 6) is 0. The molecule has 1 unspecified atom stereocenters. The molecule has 1 heterocycles. The van der Waals surface area contributed by atoms with E-state index in [4.69, 9.17) is 0 Å². The van der Waals surface area contributed by atoms with Crippen LogP contribution >= 0.6 is 0 Å². The van der Waals surface area contributed by atoms with E-state index in [1.807, 2.05) is 0 Å². The summed E-state index contributed by atoms with van der Waals surface area (Å²) >= 11 is 0. The van der Waals surface area contributed by atoms with Gasteiger partial charge in [0.25, 0.3) is 0 Å². The highest BCUT2D eigenvalue weighted by atomic mass is 16.3. The third-order valence-electron chi connectivity index (χ3n) is 3.55. The fourth-order valence-corrected chi connectivity index (χ4v) is 2.77. The molecule has 13 heavy (non-hydrogen) atoms. The highest BCUT2D eigenvalue weighted by Crippen LogP contribution is 2.25. The number of aliphatic hydroxyl groups excluding tert-OH is 1. The van der Waals surface area contributed by atoms with E-state index in [0.29, 0.717) is 6.04 Å². The maximum absolute atomic E-state index is 9.88. The van der Waals surface area contributed by atoms with Crippen molar-refractivity contribution >= 4 is 0 Å². The number of hydrogen-bond acceptors (Lipinski definition) is 2. The molecule has 1 saturated heterocycles. The average molecular weight is 183 g/mol. The Morgan fingerprint density at radius 3 is 2.23 bits per heavy atom. The number of aliphatic hydroxyl groups is 1. The molecule has 1 N–H and O–H groups in total. The lowest BCUT2D eigenvalue weighted by Gasteiger charge is -2.39. The fourth-order valence-electron chi connectivity index (χ4n) is 2.77. The van der Waals surface area contributed by atoms with E-state index in [1.54, 1.807) is 0 Å². The first-order valence-electron chi connectivity index (χ1n) is 5.80. The van der Waals surface area contributed by atoms with Gasteiger partial charge in [-0.3, -0.25) is 4.90 Å². The van der Waals surface area contributed by atoms with E-state index in [9.17, 15) is 5.11 Å². The number of hydrogen-bond donors (Lipinski definition) is 1. The van der Waals surface area contributed by atoms with E-state index in [2.05, 4.69) is 4.90 Å². The first-order valence-corrected chi connectivity index (χ1v) is 5.80. The van der Waals surface area contributed by atoms with Gasteiger partial charge in [0, 0.05) is 6.04 Å². The number of nitrogens with zero attached hydrogens (tertiary/aromatic N) is 1. The van der Waals surface area contributed by atoms with Crippen molar-refractivity contribution in [3.8, 4) is 0 Å². The molecule has 1 aliphatic carbocycles. The molecule has 0 spiro atoms. The molecule has 0 amide bonds. The average Bonchev–Trinajstić information content (AvgIpc) is 2.20. The molecule has 1 aliphatic heterocycles. The van der Waals surface area contributed by atoms with Crippen molar-refractivity contribution in [3.63, 3.8) is 0 Å². The molecule has 0 aromatic heterocycles. The lowest BCUT2D eigenvalue weighted by molar-refractivity contribution is 0.0113. The van der Waals surface area contributed by atoms with Crippen LogP contribution in [0.2, 0.25) is 0 Å². The van der Waals surface area contributed by atoms with Crippen molar-refractivity contribution in [3.05, 3.63) is 0 Å². The SMILES string of the molecule is O[C@H]1CCCCC1N1CCCCC1. The van der Waals surface area contributed by atoms with Crippen molar-refractivity contribution < 1.29 is 5.11 Å². The summed E-state index contributed by atoms with van der Waals surface area (Å²) in [4.78, 5) is 2.52. The maximum Gasteiger partial charge on any atom is 0.0695 e. The van der Waals surface area contributed by atoms with Crippen LogP contribution in [-0.2, 0) is 0 Å². The Kier molecular flexibility index (Phi) is 3.23. The molecule has 2 heteroatoms. The van der Waals surface area contributed by atoms with Crippen molar-refractivity contribution in [1.82, 2.24) is 4.90 Å². The van der Waals surface area contributed by atoms with Gasteiger partial charge in [-0.05, 0) is 38.8 Å². The van der Waals surface area contributed by atoms with Crippen LogP contribution in [0.25, 0.3) is 0 Å². The van der Waals surface area contributed by atoms with Crippen LogP contribution in [0.1, 0.15) is 44.9 Å². The zero-order valence-corrected chi connectivity index (χ0v) is 8.41. The summed E-state index contributed by atoms with van der Waals surface area (Å²) in [7, 11) is 0. The van der Waals surface area contributed by atoms with Crippen LogP contribution in [0.5, 0.6) is 0 Å². The number of piperidine rings is 1. The zero-order valence-electron chi connectivity index (χ0n) is 8.41. The molecule has 2 rings (SSSR count). The summed E-state index contributed by atoms with van der Waals surface area (Å²) in [6.45, 7) is 2.45. The van der Waals surface area contributed by atoms with E-state index < -0.39 is 0 Å². The molecule has 0 aromatic carbocycles. The standard InChI is InChI=1S/C11H21NO/c13-11-7-3-2-6-10(11)12-8-4-1-5-9-12/h10-11,13H,1-9H2/t10?,11-/m0/s1. The van der Waals surface area contributed by atoms with Gasteiger partial charge in [-0.25, -0.2) is 0 Å². The first kappa shape index (κ1) is 9.47. The van der Waals surface area contributed by atoms with Crippen molar-refractivity contribution in [2.45, 2.75) is 57.1 Å². The van der Waals surface area contributed by atoms with Crippen molar-refractivity contribution in [2.75, 3.05) is 13.1 Å². The Hall–Kier alpha value is -0.0800.